The number of H-pyrrole nitrogens is 1. The van der Waals surface area contributed by atoms with Crippen LogP contribution < -0.4 is 5.56 Å². The Balaban J connectivity index is 1.74. The molecule has 146 valence electrons. The summed E-state index contributed by atoms with van der Waals surface area (Å²) in [4.78, 5) is 34.5. The van der Waals surface area contributed by atoms with Gasteiger partial charge in [0.1, 0.15) is 0 Å². The number of carbonyl (C=O) groups is 1. The van der Waals surface area contributed by atoms with Crippen molar-refractivity contribution in [3.05, 3.63) is 33.4 Å². The quantitative estimate of drug-likeness (QED) is 0.898. The second-order valence-electron chi connectivity index (χ2n) is 8.01. The monoisotopic (exact) mass is 371 g/mol. The highest BCUT2D eigenvalue weighted by Gasteiger charge is 2.30. The van der Waals surface area contributed by atoms with Crippen LogP contribution in [0.2, 0.25) is 0 Å². The van der Waals surface area contributed by atoms with Gasteiger partial charge in [-0.3, -0.25) is 19.6 Å². The summed E-state index contributed by atoms with van der Waals surface area (Å²) in [7, 11) is 0. The number of amides is 1. The summed E-state index contributed by atoms with van der Waals surface area (Å²) in [6.45, 7) is 8.59. The van der Waals surface area contributed by atoms with Gasteiger partial charge in [-0.25, -0.2) is 9.50 Å². The Labute approximate surface area is 159 Å². The molecule has 1 amide bonds. The predicted octanol–water partition coefficient (Wildman–Crippen LogP) is 2.25. The Morgan fingerprint density at radius 3 is 2.89 bits per heavy atom. The summed E-state index contributed by atoms with van der Waals surface area (Å²) >= 11 is 0. The maximum absolute atomic E-state index is 13.1. The fourth-order valence-electron chi connectivity index (χ4n) is 4.39. The molecule has 0 bridgehead atoms. The zero-order valence-corrected chi connectivity index (χ0v) is 16.5. The molecule has 4 heterocycles. The number of hydrogen-bond donors (Lipinski definition) is 1. The van der Waals surface area contributed by atoms with Crippen LogP contribution in [-0.4, -0.2) is 49.4 Å². The maximum atomic E-state index is 13.1. The number of piperidine rings is 1. The number of aromatic amines is 1. The number of hydrogen-bond acceptors (Lipinski definition) is 4. The first-order valence-corrected chi connectivity index (χ1v) is 10.2. The minimum absolute atomic E-state index is 0.00391. The van der Waals surface area contributed by atoms with E-state index in [1.54, 1.807) is 4.52 Å². The lowest BCUT2D eigenvalue weighted by molar-refractivity contribution is -0.134. The molecular weight excluding hydrogens is 342 g/mol. The largest absolute Gasteiger partial charge is 0.334 e. The van der Waals surface area contributed by atoms with Crippen LogP contribution in [0.5, 0.6) is 0 Å². The molecule has 0 aromatic carbocycles. The number of nitrogens with one attached hydrogen (secondary N) is 1. The molecule has 2 aromatic heterocycles. The molecule has 0 aliphatic carbocycles. The van der Waals surface area contributed by atoms with Crippen LogP contribution in [0, 0.1) is 0 Å². The van der Waals surface area contributed by atoms with Crippen LogP contribution >= 0.6 is 0 Å². The summed E-state index contributed by atoms with van der Waals surface area (Å²) in [5, 5.41) is 3.27. The van der Waals surface area contributed by atoms with Crippen molar-refractivity contribution < 1.29 is 4.79 Å². The number of carbonyl (C=O) groups excluding carboxylic acids is 1. The summed E-state index contributed by atoms with van der Waals surface area (Å²) in [6.07, 6.45) is 4.38. The molecule has 2 aliphatic rings. The van der Waals surface area contributed by atoms with Gasteiger partial charge < -0.3 is 4.90 Å². The van der Waals surface area contributed by atoms with E-state index in [1.807, 2.05) is 17.9 Å². The highest BCUT2D eigenvalue weighted by atomic mass is 16.2. The van der Waals surface area contributed by atoms with Crippen molar-refractivity contribution in [1.29, 1.82) is 0 Å². The second-order valence-corrected chi connectivity index (χ2v) is 8.01. The molecular formula is C20H29N5O2. The lowest BCUT2D eigenvalue weighted by Gasteiger charge is -2.35. The molecule has 4 rings (SSSR count). The molecule has 0 saturated carbocycles. The van der Waals surface area contributed by atoms with Gasteiger partial charge in [0, 0.05) is 44.6 Å². The van der Waals surface area contributed by atoms with Gasteiger partial charge in [-0.1, -0.05) is 6.92 Å². The predicted molar refractivity (Wildman–Crippen MR) is 104 cm³/mol. The highest BCUT2D eigenvalue weighted by molar-refractivity contribution is 5.76. The van der Waals surface area contributed by atoms with Crippen molar-refractivity contribution >= 4 is 11.6 Å². The van der Waals surface area contributed by atoms with Gasteiger partial charge in [0.05, 0.1) is 23.0 Å². The third-order valence-corrected chi connectivity index (χ3v) is 6.03. The summed E-state index contributed by atoms with van der Waals surface area (Å²) < 4.78 is 1.57. The topological polar surface area (TPSA) is 73.7 Å². The summed E-state index contributed by atoms with van der Waals surface area (Å²) in [5.41, 5.74) is 3.31. The van der Waals surface area contributed by atoms with Crippen molar-refractivity contribution in [1.82, 2.24) is 24.4 Å². The standard InChI is InChI=1S/C20H29N5O2/c1-4-19(26)24-9-6-5-7-17(24)16-11-18-21-15-8-10-23(13(2)3)12-14(15)20(27)25(18)22-16/h11,13,17,22H,4-10,12H2,1-3H3. The van der Waals surface area contributed by atoms with Crippen molar-refractivity contribution in [2.75, 3.05) is 13.1 Å². The second kappa shape index (κ2) is 7.11. The highest BCUT2D eigenvalue weighted by Crippen LogP contribution is 2.31. The van der Waals surface area contributed by atoms with E-state index in [2.05, 4.69) is 23.8 Å². The van der Waals surface area contributed by atoms with Crippen LogP contribution in [0.25, 0.3) is 5.65 Å². The lowest BCUT2D eigenvalue weighted by Crippen LogP contribution is -2.40. The van der Waals surface area contributed by atoms with Crippen molar-refractivity contribution in [2.24, 2.45) is 0 Å². The molecule has 2 aliphatic heterocycles. The van der Waals surface area contributed by atoms with Gasteiger partial charge in [-0.15, -0.1) is 0 Å². The molecule has 1 fully saturated rings. The smallest absolute Gasteiger partial charge is 0.277 e. The van der Waals surface area contributed by atoms with Crippen LogP contribution in [0.3, 0.4) is 0 Å². The fourth-order valence-corrected chi connectivity index (χ4v) is 4.39. The van der Waals surface area contributed by atoms with Gasteiger partial charge in [0.25, 0.3) is 5.56 Å². The van der Waals surface area contributed by atoms with Gasteiger partial charge >= 0.3 is 0 Å². The first-order valence-electron chi connectivity index (χ1n) is 10.2. The minimum atomic E-state index is -0.00391. The Morgan fingerprint density at radius 1 is 1.33 bits per heavy atom. The first kappa shape index (κ1) is 18.2. The molecule has 0 spiro atoms. The van der Waals surface area contributed by atoms with Gasteiger partial charge in [0.15, 0.2) is 5.65 Å². The Hall–Kier alpha value is -2.15. The number of rotatable bonds is 3. The average molecular weight is 371 g/mol. The van der Waals surface area contributed by atoms with Gasteiger partial charge in [-0.05, 0) is 33.1 Å². The summed E-state index contributed by atoms with van der Waals surface area (Å²) in [5.74, 6) is 0.172. The van der Waals surface area contributed by atoms with E-state index in [4.69, 9.17) is 4.98 Å². The average Bonchev–Trinajstić information content (AvgIpc) is 3.11. The zero-order valence-electron chi connectivity index (χ0n) is 16.5. The van der Waals surface area contributed by atoms with Crippen LogP contribution in [0.4, 0.5) is 0 Å². The molecule has 1 saturated heterocycles. The van der Waals surface area contributed by atoms with Crippen LogP contribution in [0.15, 0.2) is 10.9 Å². The van der Waals surface area contributed by atoms with Gasteiger partial charge in [0.2, 0.25) is 5.91 Å². The number of nitrogens with zero attached hydrogens (tertiary/aromatic N) is 4. The van der Waals surface area contributed by atoms with E-state index in [1.165, 1.54) is 0 Å². The van der Waals surface area contributed by atoms with Crippen LogP contribution in [-0.2, 0) is 17.8 Å². The molecule has 1 N–H and O–H groups in total. The molecule has 0 radical (unpaired) electrons. The molecule has 7 nitrogen and oxygen atoms in total. The molecule has 2 aromatic rings. The van der Waals surface area contributed by atoms with E-state index in [-0.39, 0.29) is 17.5 Å². The van der Waals surface area contributed by atoms with Gasteiger partial charge in [-0.2, -0.15) is 0 Å². The number of aromatic nitrogens is 3. The van der Waals surface area contributed by atoms with E-state index in [0.717, 1.165) is 55.7 Å². The fraction of sp³-hybridized carbons (Fsp3) is 0.650. The third-order valence-electron chi connectivity index (χ3n) is 6.03. The number of likely N-dealkylation sites (tertiary alicyclic amines) is 1. The molecule has 7 heteroatoms. The van der Waals surface area contributed by atoms with E-state index in [9.17, 15) is 9.59 Å². The Bertz CT molecular complexity index is 913. The summed E-state index contributed by atoms with van der Waals surface area (Å²) in [6, 6.07) is 2.38. The SMILES string of the molecule is CCC(=O)N1CCCCC1c1cc2nc3c(c(=O)n2[nH]1)CN(C(C)C)CC3. The maximum Gasteiger partial charge on any atom is 0.277 e. The Kier molecular flexibility index (Phi) is 4.80. The molecule has 1 atom stereocenters. The third kappa shape index (κ3) is 3.18. The molecule has 1 unspecified atom stereocenters. The number of fused-ring (bicyclic) bond motifs is 2. The normalized spacial score (nSPS) is 21.0. The molecule has 27 heavy (non-hydrogen) atoms. The van der Waals surface area contributed by atoms with Crippen molar-refractivity contribution in [3.8, 4) is 0 Å². The van der Waals surface area contributed by atoms with Crippen LogP contribution in [0.1, 0.15) is 69.4 Å². The first-order chi connectivity index (χ1) is 13.0. The Morgan fingerprint density at radius 2 is 2.15 bits per heavy atom. The van der Waals surface area contributed by atoms with Crippen molar-refractivity contribution in [3.63, 3.8) is 0 Å². The zero-order chi connectivity index (χ0) is 19.1. The lowest BCUT2D eigenvalue weighted by atomic mass is 9.99. The van der Waals surface area contributed by atoms with E-state index < -0.39 is 0 Å². The van der Waals surface area contributed by atoms with E-state index >= 15 is 0 Å². The van der Waals surface area contributed by atoms with E-state index in [0.29, 0.717) is 24.7 Å². The van der Waals surface area contributed by atoms with Crippen molar-refractivity contribution in [2.45, 2.75) is 71.5 Å². The minimum Gasteiger partial charge on any atom is -0.334 e.